The smallest absolute Gasteiger partial charge is 0.338 e. The Labute approximate surface area is 218 Å². The van der Waals surface area contributed by atoms with Gasteiger partial charge in [-0.15, -0.1) is 0 Å². The molecule has 0 radical (unpaired) electrons. The van der Waals surface area contributed by atoms with E-state index in [2.05, 4.69) is 9.98 Å². The summed E-state index contributed by atoms with van der Waals surface area (Å²) in [4.78, 5) is 35.8. The molecule has 0 spiro atoms. The predicted molar refractivity (Wildman–Crippen MR) is 146 cm³/mol. The van der Waals surface area contributed by atoms with Crippen LogP contribution in [0.15, 0.2) is 69.6 Å². The quantitative estimate of drug-likeness (QED) is 0.386. The van der Waals surface area contributed by atoms with Crippen LogP contribution in [0.2, 0.25) is 0 Å². The lowest BCUT2D eigenvalue weighted by Crippen LogP contribution is -2.40. The lowest BCUT2D eigenvalue weighted by atomic mass is 9.95. The maximum Gasteiger partial charge on any atom is 0.338 e. The fourth-order valence-electron chi connectivity index (χ4n) is 4.77. The Morgan fingerprint density at radius 2 is 1.89 bits per heavy atom. The normalized spacial score (nSPS) is 15.7. The fourth-order valence-corrected chi connectivity index (χ4v) is 5.80. The Hall–Kier alpha value is -3.91. The van der Waals surface area contributed by atoms with Crippen molar-refractivity contribution in [2.75, 3.05) is 6.61 Å². The first kappa shape index (κ1) is 24.8. The van der Waals surface area contributed by atoms with Crippen LogP contribution in [-0.2, 0) is 9.53 Å². The van der Waals surface area contributed by atoms with Crippen molar-refractivity contribution >= 4 is 34.3 Å². The zero-order chi connectivity index (χ0) is 26.3. The van der Waals surface area contributed by atoms with Gasteiger partial charge in [0, 0.05) is 27.7 Å². The van der Waals surface area contributed by atoms with Crippen molar-refractivity contribution in [1.29, 1.82) is 0 Å². The second kappa shape index (κ2) is 9.86. The van der Waals surface area contributed by atoms with E-state index in [0.29, 0.717) is 31.9 Å². The molecule has 8 heteroatoms. The summed E-state index contributed by atoms with van der Waals surface area (Å²) in [5.74, 6) is 0.121. The molecule has 37 heavy (non-hydrogen) atoms. The van der Waals surface area contributed by atoms with Gasteiger partial charge in [0.05, 0.1) is 28.5 Å². The minimum absolute atomic E-state index is 0.0852. The Kier molecular flexibility index (Phi) is 6.60. The van der Waals surface area contributed by atoms with Gasteiger partial charge in [-0.05, 0) is 52.8 Å². The number of nitrogens with zero attached hydrogens (tertiary/aromatic N) is 2. The lowest BCUT2D eigenvalue weighted by Gasteiger charge is -2.26. The molecular weight excluding hydrogens is 486 g/mol. The summed E-state index contributed by atoms with van der Waals surface area (Å²) in [5.41, 5.74) is 4.31. The average Bonchev–Trinajstić information content (AvgIpc) is 3.34. The molecule has 1 aliphatic rings. The number of esters is 1. The number of fused-ring (bicyclic) bond motifs is 2. The number of thiazole rings is 1. The summed E-state index contributed by atoms with van der Waals surface area (Å²) in [7, 11) is 0. The van der Waals surface area contributed by atoms with Crippen molar-refractivity contribution in [1.82, 2.24) is 9.55 Å². The van der Waals surface area contributed by atoms with Crippen LogP contribution in [0.25, 0.3) is 17.0 Å². The third-order valence-corrected chi connectivity index (χ3v) is 7.30. The highest BCUT2D eigenvalue weighted by atomic mass is 32.1. The zero-order valence-electron chi connectivity index (χ0n) is 21.5. The van der Waals surface area contributed by atoms with Gasteiger partial charge in [-0.2, -0.15) is 0 Å². The van der Waals surface area contributed by atoms with Gasteiger partial charge in [-0.3, -0.25) is 9.36 Å². The molecule has 0 bridgehead atoms. The summed E-state index contributed by atoms with van der Waals surface area (Å²) in [6.07, 6.45) is 1.83. The summed E-state index contributed by atoms with van der Waals surface area (Å²) >= 11 is 1.31. The van der Waals surface area contributed by atoms with Crippen LogP contribution in [0.3, 0.4) is 0 Å². The number of nitrogens with one attached hydrogen (secondary N) is 1. The molecule has 1 aliphatic heterocycles. The molecule has 0 aliphatic carbocycles. The maximum absolute atomic E-state index is 14.0. The number of H-pyrrole nitrogens is 1. The largest absolute Gasteiger partial charge is 0.491 e. The Bertz CT molecular complexity index is 1720. The highest BCUT2D eigenvalue weighted by molar-refractivity contribution is 7.07. The summed E-state index contributed by atoms with van der Waals surface area (Å²) in [5, 5.41) is 1.04. The molecular formula is C29H29N3O4S. The Morgan fingerprint density at radius 3 is 2.65 bits per heavy atom. The summed E-state index contributed by atoms with van der Waals surface area (Å²) < 4.78 is 13.7. The number of carbonyl (C=O) groups excluding carboxylic acids is 1. The first-order valence-electron chi connectivity index (χ1n) is 12.3. The molecule has 7 nitrogen and oxygen atoms in total. The summed E-state index contributed by atoms with van der Waals surface area (Å²) in [6.45, 7) is 9.65. The summed E-state index contributed by atoms with van der Waals surface area (Å²) in [6, 6.07) is 14.8. The van der Waals surface area contributed by atoms with Gasteiger partial charge in [-0.1, -0.05) is 47.7 Å². The van der Waals surface area contributed by atoms with Crippen molar-refractivity contribution in [3.63, 3.8) is 0 Å². The standard InChI is InChI=1S/C29H29N3O4S/c1-6-35-28(34)25-18(5)31-29-32(26(25)20-12-8-10-14-23(20)36-16(2)3)27(33)24(37-29)15-21-17(4)30-22-13-9-7-11-19(21)22/h7-16,26,30H,6H2,1-5H3/b24-15+/t26-/m0/s1. The van der Waals surface area contributed by atoms with Gasteiger partial charge in [0.1, 0.15) is 11.8 Å². The molecule has 190 valence electrons. The van der Waals surface area contributed by atoms with Crippen LogP contribution in [0, 0.1) is 6.92 Å². The molecule has 0 saturated carbocycles. The number of hydrogen-bond donors (Lipinski definition) is 1. The molecule has 5 rings (SSSR count). The Balaban J connectivity index is 1.78. The number of para-hydroxylation sites is 2. The molecule has 4 aromatic rings. The van der Waals surface area contributed by atoms with E-state index >= 15 is 0 Å². The van der Waals surface area contributed by atoms with E-state index in [9.17, 15) is 9.59 Å². The van der Waals surface area contributed by atoms with Crippen molar-refractivity contribution in [2.24, 2.45) is 4.99 Å². The number of aromatic nitrogens is 2. The van der Waals surface area contributed by atoms with Crippen molar-refractivity contribution in [3.8, 4) is 5.75 Å². The topological polar surface area (TPSA) is 85.7 Å². The third-order valence-electron chi connectivity index (χ3n) is 6.31. The number of hydrogen-bond acceptors (Lipinski definition) is 6. The van der Waals surface area contributed by atoms with E-state index in [-0.39, 0.29) is 18.3 Å². The number of rotatable bonds is 6. The number of benzene rings is 2. The van der Waals surface area contributed by atoms with E-state index in [0.717, 1.165) is 22.2 Å². The molecule has 0 amide bonds. The van der Waals surface area contributed by atoms with Crippen LogP contribution < -0.4 is 19.6 Å². The van der Waals surface area contributed by atoms with Crippen LogP contribution in [0.1, 0.15) is 50.6 Å². The van der Waals surface area contributed by atoms with Crippen LogP contribution in [0.5, 0.6) is 5.75 Å². The van der Waals surface area contributed by atoms with E-state index in [1.165, 1.54) is 11.3 Å². The molecule has 0 unspecified atom stereocenters. The molecule has 1 atom stereocenters. The van der Waals surface area contributed by atoms with Gasteiger partial charge < -0.3 is 14.5 Å². The molecule has 2 aromatic heterocycles. The van der Waals surface area contributed by atoms with Crippen LogP contribution in [0.4, 0.5) is 0 Å². The van der Waals surface area contributed by atoms with E-state index < -0.39 is 12.0 Å². The van der Waals surface area contributed by atoms with Crippen LogP contribution >= 0.6 is 11.3 Å². The highest BCUT2D eigenvalue weighted by Crippen LogP contribution is 2.36. The second-order valence-corrected chi connectivity index (χ2v) is 10.2. The van der Waals surface area contributed by atoms with Crippen molar-refractivity contribution < 1.29 is 14.3 Å². The minimum Gasteiger partial charge on any atom is -0.491 e. The SMILES string of the molecule is CCOC(=O)C1=C(C)N=c2s/c(=C/c3c(C)[nH]c4ccccc34)c(=O)n2[C@H]1c1ccccc1OC(C)C. The third kappa shape index (κ3) is 4.42. The number of carbonyl (C=O) groups is 1. The van der Waals surface area contributed by atoms with Gasteiger partial charge >= 0.3 is 5.97 Å². The first-order valence-corrected chi connectivity index (χ1v) is 13.1. The predicted octanol–water partition coefficient (Wildman–Crippen LogP) is 4.38. The number of allylic oxidation sites excluding steroid dienone is 1. The van der Waals surface area contributed by atoms with Gasteiger partial charge in [0.2, 0.25) is 0 Å². The van der Waals surface area contributed by atoms with Gasteiger partial charge in [0.25, 0.3) is 5.56 Å². The minimum atomic E-state index is -0.725. The average molecular weight is 516 g/mol. The maximum atomic E-state index is 14.0. The van der Waals surface area contributed by atoms with Crippen molar-refractivity contribution in [2.45, 2.75) is 46.8 Å². The molecule has 3 heterocycles. The Morgan fingerprint density at radius 1 is 1.16 bits per heavy atom. The highest BCUT2D eigenvalue weighted by Gasteiger charge is 2.35. The van der Waals surface area contributed by atoms with Crippen LogP contribution in [-0.4, -0.2) is 28.2 Å². The number of aryl methyl sites for hydroxylation is 1. The van der Waals surface area contributed by atoms with E-state index in [1.807, 2.05) is 75.4 Å². The monoisotopic (exact) mass is 515 g/mol. The fraction of sp³-hybridized carbons (Fsp3) is 0.276. The van der Waals surface area contributed by atoms with E-state index in [1.54, 1.807) is 18.4 Å². The van der Waals surface area contributed by atoms with Gasteiger partial charge in [0.15, 0.2) is 4.80 Å². The van der Waals surface area contributed by atoms with Gasteiger partial charge in [-0.25, -0.2) is 9.79 Å². The number of ether oxygens (including phenoxy) is 2. The molecule has 2 aromatic carbocycles. The molecule has 0 fully saturated rings. The zero-order valence-corrected chi connectivity index (χ0v) is 22.3. The first-order chi connectivity index (χ1) is 17.8. The molecule has 0 saturated heterocycles. The second-order valence-electron chi connectivity index (χ2n) is 9.22. The molecule has 1 N–H and O–H groups in total. The van der Waals surface area contributed by atoms with Crippen molar-refractivity contribution in [3.05, 3.63) is 96.3 Å². The van der Waals surface area contributed by atoms with E-state index in [4.69, 9.17) is 9.47 Å². The lowest BCUT2D eigenvalue weighted by molar-refractivity contribution is -0.139. The number of aromatic amines is 1.